The van der Waals surface area contributed by atoms with E-state index in [1.54, 1.807) is 0 Å². The maximum absolute atomic E-state index is 12.9. The van der Waals surface area contributed by atoms with Crippen LogP contribution in [0.1, 0.15) is 32.1 Å². The fourth-order valence-corrected chi connectivity index (χ4v) is 2.38. The van der Waals surface area contributed by atoms with Crippen LogP contribution < -0.4 is 15.4 Å². The number of ether oxygens (including phenoxy) is 1. The van der Waals surface area contributed by atoms with Crippen molar-refractivity contribution < 1.29 is 18.3 Å². The van der Waals surface area contributed by atoms with E-state index < -0.39 is 11.6 Å². The predicted octanol–water partition coefficient (Wildman–Crippen LogP) is 2.98. The molecule has 0 saturated heterocycles. The van der Waals surface area contributed by atoms with Gasteiger partial charge >= 0.3 is 6.03 Å². The number of hydrogen-bond acceptors (Lipinski definition) is 2. The van der Waals surface area contributed by atoms with Crippen molar-refractivity contribution in [2.45, 2.75) is 38.1 Å². The highest BCUT2D eigenvalue weighted by molar-refractivity contribution is 5.74. The third kappa shape index (κ3) is 5.21. The molecule has 0 heterocycles. The number of rotatable bonds is 5. The standard InChI is InChI=1S/C15H20F2N2O2/c16-13-7-6-12(10-14(13)17)21-9-8-18-15(20)19-11-4-2-1-3-5-11/h6-7,10-11H,1-5,8-9H2,(H2,18,19,20). The molecule has 1 saturated carbocycles. The molecule has 116 valence electrons. The molecule has 1 aliphatic carbocycles. The summed E-state index contributed by atoms with van der Waals surface area (Å²) in [5.74, 6) is -1.62. The van der Waals surface area contributed by atoms with Crippen LogP contribution in [0, 0.1) is 11.6 Å². The number of nitrogens with one attached hydrogen (secondary N) is 2. The van der Waals surface area contributed by atoms with Crippen molar-refractivity contribution in [1.29, 1.82) is 0 Å². The van der Waals surface area contributed by atoms with Crippen LogP contribution in [0.2, 0.25) is 0 Å². The van der Waals surface area contributed by atoms with Crippen molar-refractivity contribution in [2.75, 3.05) is 13.2 Å². The molecule has 0 radical (unpaired) electrons. The molecule has 2 rings (SSSR count). The van der Waals surface area contributed by atoms with Gasteiger partial charge in [-0.15, -0.1) is 0 Å². The van der Waals surface area contributed by atoms with E-state index in [2.05, 4.69) is 10.6 Å². The highest BCUT2D eigenvalue weighted by atomic mass is 19.2. The summed E-state index contributed by atoms with van der Waals surface area (Å²) < 4.78 is 30.9. The van der Waals surface area contributed by atoms with Gasteiger partial charge in [0.05, 0.1) is 6.54 Å². The third-order valence-electron chi connectivity index (χ3n) is 3.49. The van der Waals surface area contributed by atoms with Gasteiger partial charge in [-0.2, -0.15) is 0 Å². The summed E-state index contributed by atoms with van der Waals surface area (Å²) in [6.07, 6.45) is 5.60. The van der Waals surface area contributed by atoms with Crippen molar-refractivity contribution in [1.82, 2.24) is 10.6 Å². The van der Waals surface area contributed by atoms with E-state index in [-0.39, 0.29) is 24.4 Å². The van der Waals surface area contributed by atoms with E-state index in [1.807, 2.05) is 0 Å². The molecule has 0 aliphatic heterocycles. The minimum Gasteiger partial charge on any atom is -0.492 e. The first-order chi connectivity index (χ1) is 10.1. The van der Waals surface area contributed by atoms with E-state index in [4.69, 9.17) is 4.74 Å². The maximum atomic E-state index is 12.9. The first-order valence-corrected chi connectivity index (χ1v) is 7.27. The Hall–Kier alpha value is -1.85. The lowest BCUT2D eigenvalue weighted by Gasteiger charge is -2.22. The van der Waals surface area contributed by atoms with Crippen LogP contribution in [0.15, 0.2) is 18.2 Å². The molecule has 0 atom stereocenters. The largest absolute Gasteiger partial charge is 0.492 e. The highest BCUT2D eigenvalue weighted by Gasteiger charge is 2.15. The van der Waals surface area contributed by atoms with Gasteiger partial charge in [-0.25, -0.2) is 13.6 Å². The molecule has 0 aromatic heterocycles. The lowest BCUT2D eigenvalue weighted by molar-refractivity contribution is 0.228. The maximum Gasteiger partial charge on any atom is 0.315 e. The minimum atomic E-state index is -0.949. The Bertz CT molecular complexity index is 477. The van der Waals surface area contributed by atoms with Crippen LogP contribution in [-0.2, 0) is 0 Å². The Labute approximate surface area is 122 Å². The molecular weight excluding hydrogens is 278 g/mol. The van der Waals surface area contributed by atoms with E-state index >= 15 is 0 Å². The Morgan fingerprint density at radius 1 is 1.19 bits per heavy atom. The van der Waals surface area contributed by atoms with Crippen molar-refractivity contribution in [2.24, 2.45) is 0 Å². The zero-order valence-electron chi connectivity index (χ0n) is 11.8. The van der Waals surface area contributed by atoms with Gasteiger partial charge in [0, 0.05) is 12.1 Å². The summed E-state index contributed by atoms with van der Waals surface area (Å²) in [4.78, 5) is 11.6. The van der Waals surface area contributed by atoms with Crippen LogP contribution in [0.25, 0.3) is 0 Å². The number of halogens is 2. The molecule has 1 aromatic carbocycles. The van der Waals surface area contributed by atoms with Gasteiger partial charge in [-0.1, -0.05) is 19.3 Å². The Kier molecular flexibility index (Phi) is 5.78. The summed E-state index contributed by atoms with van der Waals surface area (Å²) >= 11 is 0. The van der Waals surface area contributed by atoms with Gasteiger partial charge in [0.2, 0.25) is 0 Å². The number of urea groups is 1. The summed E-state index contributed by atoms with van der Waals surface area (Å²) in [5, 5.41) is 5.60. The average Bonchev–Trinajstić information content (AvgIpc) is 2.48. The first-order valence-electron chi connectivity index (χ1n) is 7.27. The first kappa shape index (κ1) is 15.5. The van der Waals surface area contributed by atoms with E-state index in [0.29, 0.717) is 6.54 Å². The lowest BCUT2D eigenvalue weighted by atomic mass is 9.96. The SMILES string of the molecule is O=C(NCCOc1ccc(F)c(F)c1)NC1CCCCC1. The van der Waals surface area contributed by atoms with Crippen LogP contribution in [0.3, 0.4) is 0 Å². The van der Waals surface area contributed by atoms with Crippen molar-refractivity contribution in [3.8, 4) is 5.75 Å². The third-order valence-corrected chi connectivity index (χ3v) is 3.49. The lowest BCUT2D eigenvalue weighted by Crippen LogP contribution is -2.44. The molecule has 1 fully saturated rings. The summed E-state index contributed by atoms with van der Waals surface area (Å²) in [6, 6.07) is 3.38. The Morgan fingerprint density at radius 3 is 2.67 bits per heavy atom. The second-order valence-corrected chi connectivity index (χ2v) is 5.16. The van der Waals surface area contributed by atoms with Gasteiger partial charge in [0.25, 0.3) is 0 Å². The van der Waals surface area contributed by atoms with Crippen LogP contribution in [0.5, 0.6) is 5.75 Å². The molecule has 0 bridgehead atoms. The molecule has 2 amide bonds. The van der Waals surface area contributed by atoms with E-state index in [0.717, 1.165) is 37.8 Å². The number of benzene rings is 1. The van der Waals surface area contributed by atoms with Crippen molar-refractivity contribution in [3.63, 3.8) is 0 Å². The molecular formula is C15H20F2N2O2. The number of carbonyl (C=O) groups excluding carboxylic acids is 1. The van der Waals surface area contributed by atoms with Gasteiger partial charge < -0.3 is 15.4 Å². The van der Waals surface area contributed by atoms with E-state index in [9.17, 15) is 13.6 Å². The molecule has 6 heteroatoms. The highest BCUT2D eigenvalue weighted by Crippen LogP contribution is 2.17. The normalized spacial score (nSPS) is 15.5. The molecule has 0 unspecified atom stereocenters. The molecule has 1 aromatic rings. The van der Waals surface area contributed by atoms with E-state index in [1.165, 1.54) is 12.5 Å². The van der Waals surface area contributed by atoms with Crippen LogP contribution in [0.4, 0.5) is 13.6 Å². The number of amides is 2. The van der Waals surface area contributed by atoms with Gasteiger partial charge in [0.15, 0.2) is 11.6 Å². The van der Waals surface area contributed by atoms with Gasteiger partial charge in [-0.05, 0) is 25.0 Å². The molecule has 2 N–H and O–H groups in total. The molecule has 4 nitrogen and oxygen atoms in total. The predicted molar refractivity (Wildman–Crippen MR) is 75.3 cm³/mol. The molecule has 1 aliphatic rings. The Morgan fingerprint density at radius 2 is 1.95 bits per heavy atom. The second kappa shape index (κ2) is 7.81. The van der Waals surface area contributed by atoms with Gasteiger partial charge in [0.1, 0.15) is 12.4 Å². The van der Waals surface area contributed by atoms with Crippen LogP contribution in [-0.4, -0.2) is 25.2 Å². The van der Waals surface area contributed by atoms with Crippen molar-refractivity contribution >= 4 is 6.03 Å². The molecule has 21 heavy (non-hydrogen) atoms. The van der Waals surface area contributed by atoms with Crippen molar-refractivity contribution in [3.05, 3.63) is 29.8 Å². The average molecular weight is 298 g/mol. The fraction of sp³-hybridized carbons (Fsp3) is 0.533. The van der Waals surface area contributed by atoms with Gasteiger partial charge in [-0.3, -0.25) is 0 Å². The summed E-state index contributed by atoms with van der Waals surface area (Å²) in [6.45, 7) is 0.501. The summed E-state index contributed by atoms with van der Waals surface area (Å²) in [7, 11) is 0. The monoisotopic (exact) mass is 298 g/mol. The fourth-order valence-electron chi connectivity index (χ4n) is 2.38. The summed E-state index contributed by atoms with van der Waals surface area (Å²) in [5.41, 5.74) is 0. The Balaban J connectivity index is 1.62. The van der Waals surface area contributed by atoms with Crippen LogP contribution >= 0.6 is 0 Å². The minimum absolute atomic E-state index is 0.198. The second-order valence-electron chi connectivity index (χ2n) is 5.16. The topological polar surface area (TPSA) is 50.4 Å². The zero-order valence-corrected chi connectivity index (χ0v) is 11.8. The molecule has 0 spiro atoms. The quantitative estimate of drug-likeness (QED) is 0.821. The number of hydrogen-bond donors (Lipinski definition) is 2. The zero-order chi connectivity index (χ0) is 15.1. The number of carbonyl (C=O) groups is 1. The smallest absolute Gasteiger partial charge is 0.315 e.